The summed E-state index contributed by atoms with van der Waals surface area (Å²) in [7, 11) is 0. The first kappa shape index (κ1) is 20.4. The molecule has 0 radical (unpaired) electrons. The van der Waals surface area contributed by atoms with Crippen LogP contribution in [0.3, 0.4) is 0 Å². The predicted molar refractivity (Wildman–Crippen MR) is 112 cm³/mol. The second-order valence-corrected chi connectivity index (χ2v) is 6.60. The lowest BCUT2D eigenvalue weighted by atomic mass is 9.83. The van der Waals surface area contributed by atoms with Gasteiger partial charge >= 0.3 is 11.9 Å². The van der Waals surface area contributed by atoms with E-state index in [1.165, 1.54) is 0 Å². The highest BCUT2D eigenvalue weighted by molar-refractivity contribution is 6.08. The highest BCUT2D eigenvalue weighted by Crippen LogP contribution is 2.38. The van der Waals surface area contributed by atoms with Gasteiger partial charge in [0.15, 0.2) is 0 Å². The lowest BCUT2D eigenvalue weighted by molar-refractivity contribution is -0.139. The van der Waals surface area contributed by atoms with E-state index in [1.54, 1.807) is 13.8 Å². The molecule has 5 nitrogen and oxygen atoms in total. The van der Waals surface area contributed by atoms with Crippen LogP contribution < -0.4 is 5.32 Å². The Labute approximate surface area is 171 Å². The van der Waals surface area contributed by atoms with E-state index in [0.29, 0.717) is 22.5 Å². The van der Waals surface area contributed by atoms with E-state index in [2.05, 4.69) is 5.32 Å². The number of benzene rings is 2. The van der Waals surface area contributed by atoms with Gasteiger partial charge in [-0.2, -0.15) is 0 Å². The number of carbonyl (C=O) groups is 2. The number of carbonyl (C=O) groups excluding carboxylic acids is 2. The van der Waals surface area contributed by atoms with Gasteiger partial charge in [0, 0.05) is 5.92 Å². The molecule has 2 aromatic rings. The summed E-state index contributed by atoms with van der Waals surface area (Å²) in [5, 5.41) is 3.35. The van der Waals surface area contributed by atoms with Crippen molar-refractivity contribution in [2.75, 3.05) is 13.2 Å². The molecule has 0 saturated heterocycles. The Balaban J connectivity index is 2.21. The molecule has 0 fully saturated rings. The lowest BCUT2D eigenvalue weighted by Gasteiger charge is -2.30. The number of rotatable bonds is 6. The van der Waals surface area contributed by atoms with Gasteiger partial charge in [0.2, 0.25) is 0 Å². The van der Waals surface area contributed by atoms with Gasteiger partial charge in [0.05, 0.1) is 35.8 Å². The summed E-state index contributed by atoms with van der Waals surface area (Å²) in [6, 6.07) is 19.1. The third-order valence-corrected chi connectivity index (χ3v) is 4.77. The zero-order valence-electron chi connectivity index (χ0n) is 16.9. The minimum atomic E-state index is -0.500. The molecule has 29 heavy (non-hydrogen) atoms. The largest absolute Gasteiger partial charge is 0.463 e. The average Bonchev–Trinajstić information content (AvgIpc) is 2.74. The van der Waals surface area contributed by atoms with Crippen molar-refractivity contribution in [1.29, 1.82) is 0 Å². The zero-order chi connectivity index (χ0) is 20.8. The second-order valence-electron chi connectivity index (χ2n) is 6.60. The minimum Gasteiger partial charge on any atom is -0.463 e. The van der Waals surface area contributed by atoms with Gasteiger partial charge < -0.3 is 14.8 Å². The van der Waals surface area contributed by atoms with Crippen LogP contribution >= 0.6 is 0 Å². The van der Waals surface area contributed by atoms with Gasteiger partial charge in [-0.25, -0.2) is 9.59 Å². The van der Waals surface area contributed by atoms with Gasteiger partial charge in [-0.15, -0.1) is 0 Å². The standard InChI is InChI=1S/C24H25NO4/c1-4-28-23(26)19-16(3)20(24(27)29-5-2)22(18-14-10-7-11-15-18)25-21(19)17-12-8-6-9-13-17/h6-16,25H,4-5H2,1-3H3. The molecular weight excluding hydrogens is 366 g/mol. The van der Waals surface area contributed by atoms with Gasteiger partial charge in [0.25, 0.3) is 0 Å². The van der Waals surface area contributed by atoms with Crippen molar-refractivity contribution in [3.63, 3.8) is 0 Å². The van der Waals surface area contributed by atoms with Gasteiger partial charge in [-0.1, -0.05) is 67.6 Å². The fourth-order valence-corrected chi connectivity index (χ4v) is 3.48. The first-order valence-electron chi connectivity index (χ1n) is 9.78. The minimum absolute atomic E-state index is 0.251. The predicted octanol–water partition coefficient (Wildman–Crippen LogP) is 4.17. The van der Waals surface area contributed by atoms with Crippen molar-refractivity contribution in [3.8, 4) is 0 Å². The van der Waals surface area contributed by atoms with Crippen molar-refractivity contribution >= 4 is 23.3 Å². The second kappa shape index (κ2) is 9.24. The third kappa shape index (κ3) is 4.24. The Bertz CT molecular complexity index is 868. The van der Waals surface area contributed by atoms with Crippen LogP contribution in [0.2, 0.25) is 0 Å². The van der Waals surface area contributed by atoms with Gasteiger partial charge in [-0.05, 0) is 25.0 Å². The van der Waals surface area contributed by atoms with Gasteiger partial charge in [-0.3, -0.25) is 0 Å². The van der Waals surface area contributed by atoms with Crippen molar-refractivity contribution in [2.24, 2.45) is 5.92 Å². The van der Waals surface area contributed by atoms with E-state index in [-0.39, 0.29) is 13.2 Å². The summed E-state index contributed by atoms with van der Waals surface area (Å²) < 4.78 is 10.6. The molecule has 0 unspecified atom stereocenters. The molecule has 0 bridgehead atoms. The van der Waals surface area contributed by atoms with Crippen LogP contribution in [0.15, 0.2) is 71.8 Å². The van der Waals surface area contributed by atoms with E-state index in [9.17, 15) is 9.59 Å². The number of ether oxygens (including phenoxy) is 2. The van der Waals surface area contributed by atoms with Crippen molar-refractivity contribution in [2.45, 2.75) is 20.8 Å². The molecule has 1 heterocycles. The van der Waals surface area contributed by atoms with Crippen LogP contribution in [0.4, 0.5) is 0 Å². The molecule has 0 spiro atoms. The SMILES string of the molecule is CCOC(=O)C1=C(c2ccccc2)NC(c2ccccc2)=C(C(=O)OCC)C1C. The highest BCUT2D eigenvalue weighted by atomic mass is 16.5. The first-order valence-corrected chi connectivity index (χ1v) is 9.78. The van der Waals surface area contributed by atoms with Crippen molar-refractivity contribution in [3.05, 3.63) is 82.9 Å². The molecule has 0 aliphatic carbocycles. The Morgan fingerprint density at radius 2 is 1.14 bits per heavy atom. The van der Waals surface area contributed by atoms with Crippen LogP contribution in [-0.2, 0) is 19.1 Å². The maximum Gasteiger partial charge on any atom is 0.336 e. The molecule has 0 saturated carbocycles. The number of dihydropyridines is 1. The molecule has 3 rings (SSSR count). The smallest absolute Gasteiger partial charge is 0.336 e. The van der Waals surface area contributed by atoms with Crippen molar-refractivity contribution in [1.82, 2.24) is 5.32 Å². The van der Waals surface area contributed by atoms with Crippen LogP contribution in [0.5, 0.6) is 0 Å². The highest BCUT2D eigenvalue weighted by Gasteiger charge is 2.37. The monoisotopic (exact) mass is 391 g/mol. The Morgan fingerprint density at radius 1 is 0.759 bits per heavy atom. The molecule has 1 N–H and O–H groups in total. The summed E-state index contributed by atoms with van der Waals surface area (Å²) in [5.41, 5.74) is 3.81. The number of hydrogen-bond donors (Lipinski definition) is 1. The van der Waals surface area contributed by atoms with Crippen LogP contribution in [0, 0.1) is 5.92 Å². The van der Waals surface area contributed by atoms with E-state index >= 15 is 0 Å². The molecule has 0 amide bonds. The summed E-state index contributed by atoms with van der Waals surface area (Å²) in [6.07, 6.45) is 0. The van der Waals surface area contributed by atoms with Crippen LogP contribution in [-0.4, -0.2) is 25.2 Å². The average molecular weight is 391 g/mol. The lowest BCUT2D eigenvalue weighted by Crippen LogP contribution is -2.32. The topological polar surface area (TPSA) is 64.6 Å². The van der Waals surface area contributed by atoms with E-state index in [4.69, 9.17) is 9.47 Å². The summed E-state index contributed by atoms with van der Waals surface area (Å²) in [4.78, 5) is 25.7. The number of nitrogens with one attached hydrogen (secondary N) is 1. The number of esters is 2. The molecule has 1 aliphatic rings. The fourth-order valence-electron chi connectivity index (χ4n) is 3.48. The normalized spacial score (nSPS) is 14.4. The van der Waals surface area contributed by atoms with Crippen molar-refractivity contribution < 1.29 is 19.1 Å². The van der Waals surface area contributed by atoms with E-state index < -0.39 is 17.9 Å². The van der Waals surface area contributed by atoms with Crippen LogP contribution in [0.25, 0.3) is 11.4 Å². The number of hydrogen-bond acceptors (Lipinski definition) is 5. The maximum atomic E-state index is 12.9. The summed E-state index contributed by atoms with van der Waals surface area (Å²) in [6.45, 7) is 5.87. The third-order valence-electron chi connectivity index (χ3n) is 4.77. The van der Waals surface area contributed by atoms with Crippen LogP contribution in [0.1, 0.15) is 31.9 Å². The molecule has 1 aliphatic heterocycles. The molecular formula is C24H25NO4. The molecule has 2 aromatic carbocycles. The maximum absolute atomic E-state index is 12.9. The summed E-state index contributed by atoms with van der Waals surface area (Å²) >= 11 is 0. The van der Waals surface area contributed by atoms with E-state index in [1.807, 2.05) is 67.6 Å². The molecule has 0 atom stereocenters. The Kier molecular flexibility index (Phi) is 6.50. The molecule has 150 valence electrons. The van der Waals surface area contributed by atoms with E-state index in [0.717, 1.165) is 11.1 Å². The molecule has 0 aromatic heterocycles. The quantitative estimate of drug-likeness (QED) is 0.749. The first-order chi connectivity index (χ1) is 14.1. The Morgan fingerprint density at radius 3 is 1.48 bits per heavy atom. The summed E-state index contributed by atoms with van der Waals surface area (Å²) in [5.74, 6) is -1.39. The fraction of sp³-hybridized carbons (Fsp3) is 0.250. The Hall–Kier alpha value is -3.34. The van der Waals surface area contributed by atoms with Gasteiger partial charge in [0.1, 0.15) is 0 Å². The zero-order valence-corrected chi connectivity index (χ0v) is 16.9. The molecule has 5 heteroatoms.